The molecular formula is C15H21N3O. The van der Waals surface area contributed by atoms with E-state index in [-0.39, 0.29) is 23.9 Å². The highest BCUT2D eigenvalue weighted by Crippen LogP contribution is 2.30. The number of amides is 1. The minimum atomic E-state index is -0.461. The number of hydrogen-bond donors (Lipinski definition) is 1. The van der Waals surface area contributed by atoms with Crippen LogP contribution in [0.5, 0.6) is 0 Å². The summed E-state index contributed by atoms with van der Waals surface area (Å²) in [5.41, 5.74) is 6.13. The van der Waals surface area contributed by atoms with E-state index in [9.17, 15) is 10.1 Å². The summed E-state index contributed by atoms with van der Waals surface area (Å²) in [7, 11) is 0. The van der Waals surface area contributed by atoms with E-state index in [2.05, 4.69) is 17.9 Å². The average Bonchev–Trinajstić information content (AvgIpc) is 3.06. The second kappa shape index (κ2) is 6.08. The molecule has 1 heterocycles. The van der Waals surface area contributed by atoms with Crippen LogP contribution in [0.1, 0.15) is 45.4 Å². The van der Waals surface area contributed by atoms with Gasteiger partial charge < -0.3 is 10.6 Å². The van der Waals surface area contributed by atoms with Crippen molar-refractivity contribution in [3.8, 4) is 17.9 Å². The molecule has 2 aliphatic rings. The summed E-state index contributed by atoms with van der Waals surface area (Å²) in [5.74, 6) is 6.09. The molecule has 1 saturated carbocycles. The molecular weight excluding hydrogens is 238 g/mol. The van der Waals surface area contributed by atoms with Gasteiger partial charge in [0, 0.05) is 0 Å². The molecule has 19 heavy (non-hydrogen) atoms. The van der Waals surface area contributed by atoms with Crippen LogP contribution in [0.4, 0.5) is 0 Å². The summed E-state index contributed by atoms with van der Waals surface area (Å²) in [6, 6.07) is 1.26. The van der Waals surface area contributed by atoms with Crippen LogP contribution in [0.15, 0.2) is 0 Å². The Hall–Kier alpha value is -1.52. The van der Waals surface area contributed by atoms with Gasteiger partial charge in [-0.15, -0.1) is 5.92 Å². The fourth-order valence-electron chi connectivity index (χ4n) is 3.24. The molecule has 3 unspecified atom stereocenters. The fourth-order valence-corrected chi connectivity index (χ4v) is 3.24. The Balaban J connectivity index is 2.13. The van der Waals surface area contributed by atoms with Gasteiger partial charge in [0.05, 0.1) is 18.2 Å². The molecule has 2 rings (SSSR count). The molecule has 0 aromatic carbocycles. The van der Waals surface area contributed by atoms with Gasteiger partial charge in [-0.2, -0.15) is 5.26 Å². The second-order valence-electron chi connectivity index (χ2n) is 5.45. The number of hydrogen-bond acceptors (Lipinski definition) is 3. The molecule has 1 aliphatic heterocycles. The third-order valence-electron chi connectivity index (χ3n) is 4.29. The maximum atomic E-state index is 12.6. The number of nitriles is 1. The lowest BCUT2D eigenvalue weighted by molar-refractivity contribution is -0.134. The normalized spacial score (nSPS) is 28.6. The number of likely N-dealkylation sites (tertiary alicyclic amines) is 1. The largest absolute Gasteiger partial charge is 0.320 e. The zero-order chi connectivity index (χ0) is 13.8. The van der Waals surface area contributed by atoms with Crippen molar-refractivity contribution in [1.82, 2.24) is 4.90 Å². The van der Waals surface area contributed by atoms with Crippen LogP contribution < -0.4 is 5.73 Å². The number of carbonyl (C=O) groups is 1. The van der Waals surface area contributed by atoms with Crippen LogP contribution >= 0.6 is 0 Å². The van der Waals surface area contributed by atoms with E-state index >= 15 is 0 Å². The fraction of sp³-hybridized carbons (Fsp3) is 0.733. The van der Waals surface area contributed by atoms with E-state index in [1.807, 2.05) is 0 Å². The molecule has 0 aromatic rings. The van der Waals surface area contributed by atoms with Crippen molar-refractivity contribution in [2.75, 3.05) is 0 Å². The highest BCUT2D eigenvalue weighted by atomic mass is 16.2. The maximum Gasteiger partial charge on any atom is 0.241 e. The number of rotatable bonds is 2. The van der Waals surface area contributed by atoms with Gasteiger partial charge in [-0.05, 0) is 38.5 Å². The molecule has 0 radical (unpaired) electrons. The molecule has 2 N–H and O–H groups in total. The van der Waals surface area contributed by atoms with Crippen LogP contribution in [0.25, 0.3) is 0 Å². The first-order chi connectivity index (χ1) is 9.19. The van der Waals surface area contributed by atoms with Crippen molar-refractivity contribution in [3.05, 3.63) is 0 Å². The van der Waals surface area contributed by atoms with Crippen LogP contribution in [0, 0.1) is 29.1 Å². The topological polar surface area (TPSA) is 70.1 Å². The smallest absolute Gasteiger partial charge is 0.241 e. The Kier molecular flexibility index (Phi) is 4.45. The second-order valence-corrected chi connectivity index (χ2v) is 5.45. The standard InChI is InChI=1S/C15H21N3O/c1-2-5-12-8-9-13(10-16)18(12)15(19)14(17)11-6-3-4-7-11/h11-14H,3-4,6-9,17H2,1H3. The van der Waals surface area contributed by atoms with Gasteiger partial charge in [-0.3, -0.25) is 4.79 Å². The number of nitrogens with zero attached hydrogens (tertiary/aromatic N) is 2. The first kappa shape index (κ1) is 13.9. The molecule has 0 bridgehead atoms. The third-order valence-corrected chi connectivity index (χ3v) is 4.29. The predicted octanol–water partition coefficient (Wildman–Crippen LogP) is 1.41. The van der Waals surface area contributed by atoms with Gasteiger partial charge in [0.1, 0.15) is 6.04 Å². The van der Waals surface area contributed by atoms with Crippen LogP contribution in [0.3, 0.4) is 0 Å². The van der Waals surface area contributed by atoms with Crippen molar-refractivity contribution in [3.63, 3.8) is 0 Å². The highest BCUT2D eigenvalue weighted by molar-refractivity contribution is 5.83. The van der Waals surface area contributed by atoms with Gasteiger partial charge in [0.15, 0.2) is 0 Å². The van der Waals surface area contributed by atoms with E-state index in [1.165, 1.54) is 0 Å². The van der Waals surface area contributed by atoms with E-state index in [4.69, 9.17) is 5.73 Å². The maximum absolute atomic E-state index is 12.6. The summed E-state index contributed by atoms with van der Waals surface area (Å²) in [4.78, 5) is 14.2. The zero-order valence-corrected chi connectivity index (χ0v) is 11.4. The van der Waals surface area contributed by atoms with Gasteiger partial charge in [-0.1, -0.05) is 18.8 Å². The van der Waals surface area contributed by atoms with Gasteiger partial charge in [-0.25, -0.2) is 0 Å². The van der Waals surface area contributed by atoms with Crippen molar-refractivity contribution in [1.29, 1.82) is 5.26 Å². The summed E-state index contributed by atoms with van der Waals surface area (Å²) in [6.45, 7) is 1.76. The van der Waals surface area contributed by atoms with Crippen LogP contribution in [-0.4, -0.2) is 28.9 Å². The molecule has 4 nitrogen and oxygen atoms in total. The Bertz CT molecular complexity index is 437. The van der Waals surface area contributed by atoms with E-state index in [0.29, 0.717) is 6.42 Å². The van der Waals surface area contributed by atoms with Gasteiger partial charge in [0.2, 0.25) is 5.91 Å². The Morgan fingerprint density at radius 1 is 1.26 bits per heavy atom. The quantitative estimate of drug-likeness (QED) is 0.762. The molecule has 4 heteroatoms. The Morgan fingerprint density at radius 3 is 2.47 bits per heavy atom. The first-order valence-corrected chi connectivity index (χ1v) is 7.08. The van der Waals surface area contributed by atoms with Crippen molar-refractivity contribution in [2.45, 2.75) is 63.6 Å². The lowest BCUT2D eigenvalue weighted by Crippen LogP contribution is -2.51. The summed E-state index contributed by atoms with van der Waals surface area (Å²) in [5, 5.41) is 9.19. The van der Waals surface area contributed by atoms with Crippen LogP contribution in [-0.2, 0) is 4.79 Å². The summed E-state index contributed by atoms with van der Waals surface area (Å²) >= 11 is 0. The SMILES string of the molecule is CC#CC1CCC(C#N)N1C(=O)C(N)C1CCCC1. The van der Waals surface area contributed by atoms with Crippen LogP contribution in [0.2, 0.25) is 0 Å². The molecule has 2 fully saturated rings. The van der Waals surface area contributed by atoms with Gasteiger partial charge in [0.25, 0.3) is 0 Å². The molecule has 1 amide bonds. The van der Waals surface area contributed by atoms with Gasteiger partial charge >= 0.3 is 0 Å². The minimum absolute atomic E-state index is 0.0799. The minimum Gasteiger partial charge on any atom is -0.320 e. The molecule has 1 aliphatic carbocycles. The number of nitrogens with two attached hydrogens (primary N) is 1. The third kappa shape index (κ3) is 2.74. The lowest BCUT2D eigenvalue weighted by atomic mass is 9.97. The Morgan fingerprint density at radius 2 is 1.89 bits per heavy atom. The van der Waals surface area contributed by atoms with E-state index in [0.717, 1.165) is 32.1 Å². The highest BCUT2D eigenvalue weighted by Gasteiger charge is 2.40. The molecule has 3 atom stereocenters. The molecule has 1 saturated heterocycles. The Labute approximate surface area is 114 Å². The van der Waals surface area contributed by atoms with Crippen molar-refractivity contribution in [2.24, 2.45) is 11.7 Å². The number of carbonyl (C=O) groups excluding carboxylic acids is 1. The lowest BCUT2D eigenvalue weighted by Gasteiger charge is -2.29. The van der Waals surface area contributed by atoms with Crippen molar-refractivity contribution >= 4 is 5.91 Å². The molecule has 0 aromatic heterocycles. The molecule has 0 spiro atoms. The first-order valence-electron chi connectivity index (χ1n) is 7.08. The molecule has 102 valence electrons. The predicted molar refractivity (Wildman–Crippen MR) is 72.7 cm³/mol. The monoisotopic (exact) mass is 259 g/mol. The summed E-state index contributed by atoms with van der Waals surface area (Å²) < 4.78 is 0. The van der Waals surface area contributed by atoms with Crippen molar-refractivity contribution < 1.29 is 4.79 Å². The average molecular weight is 259 g/mol. The summed E-state index contributed by atoms with van der Waals surface area (Å²) in [6.07, 6.45) is 5.86. The van der Waals surface area contributed by atoms with E-state index in [1.54, 1.807) is 11.8 Å². The zero-order valence-electron chi connectivity index (χ0n) is 11.4. The van der Waals surface area contributed by atoms with E-state index < -0.39 is 6.04 Å².